The van der Waals surface area contributed by atoms with E-state index in [1.165, 1.54) is 7.11 Å². The molecule has 1 aromatic carbocycles. The Morgan fingerprint density at radius 3 is 2.41 bits per heavy atom. The molecule has 0 aliphatic carbocycles. The van der Waals surface area contributed by atoms with Crippen LogP contribution in [-0.4, -0.2) is 24.4 Å². The number of carbonyl (C=O) groups excluding carboxylic acids is 1. The molecular weight excluding hydrogens is 236 g/mol. The molecule has 0 bridgehead atoms. The first-order valence-corrected chi connectivity index (χ1v) is 6.43. The molecule has 4 heteroatoms. The molecule has 0 fully saturated rings. The van der Waals surface area contributed by atoms with Crippen LogP contribution in [0.4, 0.5) is 0 Å². The van der Waals surface area contributed by atoms with Crippen molar-refractivity contribution in [3.8, 4) is 0 Å². The van der Waals surface area contributed by atoms with Crippen molar-refractivity contribution in [2.45, 2.75) is 17.9 Å². The Balaban J connectivity index is 2.94. The van der Waals surface area contributed by atoms with E-state index in [1.807, 2.05) is 30.5 Å². The minimum absolute atomic E-state index is 0.254. The van der Waals surface area contributed by atoms with Crippen LogP contribution in [0.3, 0.4) is 0 Å². The summed E-state index contributed by atoms with van der Waals surface area (Å²) in [5, 5.41) is 10.1. The van der Waals surface area contributed by atoms with Gasteiger partial charge < -0.3 is 9.84 Å². The lowest BCUT2D eigenvalue weighted by atomic mass is 10.0. The summed E-state index contributed by atoms with van der Waals surface area (Å²) in [4.78, 5) is 12.5. The fourth-order valence-electron chi connectivity index (χ4n) is 1.47. The molecule has 1 unspecified atom stereocenters. The SMILES string of the molecule is C/C=C(/C(=O)OC)C(O)c1ccc(SC)cc1. The van der Waals surface area contributed by atoms with Crippen LogP contribution in [-0.2, 0) is 9.53 Å². The van der Waals surface area contributed by atoms with E-state index in [2.05, 4.69) is 4.74 Å². The standard InChI is InChI=1S/C13H16O3S/c1-4-11(13(15)16-2)12(14)9-5-7-10(17-3)8-6-9/h4-8,12,14H,1-3H3/b11-4+. The van der Waals surface area contributed by atoms with Gasteiger partial charge in [0.2, 0.25) is 0 Å². The molecular formula is C13H16O3S. The van der Waals surface area contributed by atoms with Crippen LogP contribution in [0.1, 0.15) is 18.6 Å². The van der Waals surface area contributed by atoms with Crippen molar-refractivity contribution in [3.05, 3.63) is 41.5 Å². The molecule has 0 radical (unpaired) electrons. The number of carbonyl (C=O) groups is 1. The molecule has 17 heavy (non-hydrogen) atoms. The third kappa shape index (κ3) is 3.35. The van der Waals surface area contributed by atoms with E-state index in [4.69, 9.17) is 0 Å². The van der Waals surface area contributed by atoms with Gasteiger partial charge in [0, 0.05) is 4.90 Å². The molecule has 0 spiro atoms. The molecule has 3 nitrogen and oxygen atoms in total. The van der Waals surface area contributed by atoms with Crippen LogP contribution in [0, 0.1) is 0 Å². The van der Waals surface area contributed by atoms with Crippen LogP contribution in [0.5, 0.6) is 0 Å². The molecule has 0 amide bonds. The molecule has 1 N–H and O–H groups in total. The van der Waals surface area contributed by atoms with Crippen LogP contribution >= 0.6 is 11.8 Å². The van der Waals surface area contributed by atoms with Gasteiger partial charge >= 0.3 is 5.97 Å². The Morgan fingerprint density at radius 2 is 2.00 bits per heavy atom. The van der Waals surface area contributed by atoms with Gasteiger partial charge in [0.1, 0.15) is 6.10 Å². The second-order valence-electron chi connectivity index (χ2n) is 3.41. The average molecular weight is 252 g/mol. The quantitative estimate of drug-likeness (QED) is 0.508. The Bertz CT molecular complexity index is 409. The average Bonchev–Trinajstić information content (AvgIpc) is 2.39. The number of thioether (sulfide) groups is 1. The topological polar surface area (TPSA) is 46.5 Å². The highest BCUT2D eigenvalue weighted by molar-refractivity contribution is 7.98. The van der Waals surface area contributed by atoms with Gasteiger partial charge in [0.15, 0.2) is 0 Å². The summed E-state index contributed by atoms with van der Waals surface area (Å²) < 4.78 is 4.62. The number of esters is 1. The Hall–Kier alpha value is -1.26. The van der Waals surface area contributed by atoms with Crippen molar-refractivity contribution in [1.29, 1.82) is 0 Å². The number of rotatable bonds is 4. The van der Waals surface area contributed by atoms with Gasteiger partial charge in [-0.05, 0) is 30.9 Å². The number of ether oxygens (including phenoxy) is 1. The number of hydrogen-bond donors (Lipinski definition) is 1. The molecule has 1 rings (SSSR count). The van der Waals surface area contributed by atoms with Crippen LogP contribution in [0.25, 0.3) is 0 Å². The fourth-order valence-corrected chi connectivity index (χ4v) is 1.88. The normalized spacial score (nSPS) is 13.3. The lowest BCUT2D eigenvalue weighted by Crippen LogP contribution is -2.12. The van der Waals surface area contributed by atoms with Crippen molar-refractivity contribution < 1.29 is 14.6 Å². The summed E-state index contributed by atoms with van der Waals surface area (Å²) in [6.45, 7) is 1.70. The van der Waals surface area contributed by atoms with E-state index in [0.29, 0.717) is 5.56 Å². The number of aliphatic hydroxyl groups is 1. The summed E-state index contributed by atoms with van der Waals surface area (Å²) in [5.41, 5.74) is 0.936. The number of benzene rings is 1. The molecule has 92 valence electrons. The molecule has 0 aliphatic heterocycles. The predicted octanol–water partition coefficient (Wildman–Crippen LogP) is 2.56. The van der Waals surface area contributed by atoms with E-state index in [-0.39, 0.29) is 5.57 Å². The Labute approximate surface area is 105 Å². The highest BCUT2D eigenvalue weighted by Crippen LogP contribution is 2.24. The maximum absolute atomic E-state index is 11.4. The summed E-state index contributed by atoms with van der Waals surface area (Å²) in [6, 6.07) is 7.44. The number of hydrogen-bond acceptors (Lipinski definition) is 4. The van der Waals surface area contributed by atoms with E-state index in [9.17, 15) is 9.90 Å². The second kappa shape index (κ2) is 6.47. The minimum atomic E-state index is -0.941. The monoisotopic (exact) mass is 252 g/mol. The zero-order valence-electron chi connectivity index (χ0n) is 10.1. The lowest BCUT2D eigenvalue weighted by molar-refractivity contribution is -0.137. The lowest BCUT2D eigenvalue weighted by Gasteiger charge is -2.13. The van der Waals surface area contributed by atoms with Crippen molar-refractivity contribution >= 4 is 17.7 Å². The molecule has 0 aromatic heterocycles. The van der Waals surface area contributed by atoms with Crippen LogP contribution < -0.4 is 0 Å². The van der Waals surface area contributed by atoms with Crippen LogP contribution in [0.15, 0.2) is 40.8 Å². The van der Waals surface area contributed by atoms with E-state index >= 15 is 0 Å². The number of allylic oxidation sites excluding steroid dienone is 1. The van der Waals surface area contributed by atoms with Gasteiger partial charge in [0.05, 0.1) is 12.7 Å². The summed E-state index contributed by atoms with van der Waals surface area (Å²) >= 11 is 1.63. The van der Waals surface area contributed by atoms with Crippen LogP contribution in [0.2, 0.25) is 0 Å². The molecule has 0 heterocycles. The third-order valence-corrected chi connectivity index (χ3v) is 3.20. The van der Waals surface area contributed by atoms with Crippen molar-refractivity contribution in [2.75, 3.05) is 13.4 Å². The van der Waals surface area contributed by atoms with Gasteiger partial charge in [-0.2, -0.15) is 0 Å². The van der Waals surface area contributed by atoms with Gasteiger partial charge in [-0.25, -0.2) is 4.79 Å². The highest BCUT2D eigenvalue weighted by atomic mass is 32.2. The molecule has 0 saturated carbocycles. The Morgan fingerprint density at radius 1 is 1.41 bits per heavy atom. The highest BCUT2D eigenvalue weighted by Gasteiger charge is 2.19. The van der Waals surface area contributed by atoms with Crippen molar-refractivity contribution in [3.63, 3.8) is 0 Å². The molecule has 1 aromatic rings. The van der Waals surface area contributed by atoms with Gasteiger partial charge in [-0.3, -0.25) is 0 Å². The largest absolute Gasteiger partial charge is 0.466 e. The zero-order valence-corrected chi connectivity index (χ0v) is 11.0. The molecule has 0 aliphatic rings. The maximum atomic E-state index is 11.4. The van der Waals surface area contributed by atoms with E-state index < -0.39 is 12.1 Å². The molecule has 0 saturated heterocycles. The minimum Gasteiger partial charge on any atom is -0.466 e. The van der Waals surface area contributed by atoms with E-state index in [1.54, 1.807) is 24.8 Å². The second-order valence-corrected chi connectivity index (χ2v) is 4.29. The smallest absolute Gasteiger partial charge is 0.336 e. The van der Waals surface area contributed by atoms with Gasteiger partial charge in [-0.15, -0.1) is 11.8 Å². The molecule has 1 atom stereocenters. The number of aliphatic hydroxyl groups excluding tert-OH is 1. The van der Waals surface area contributed by atoms with Crippen molar-refractivity contribution in [1.82, 2.24) is 0 Å². The summed E-state index contributed by atoms with van der Waals surface area (Å²) in [5.74, 6) is -0.506. The summed E-state index contributed by atoms with van der Waals surface area (Å²) in [6.07, 6.45) is 2.61. The first-order chi connectivity index (χ1) is 8.13. The van der Waals surface area contributed by atoms with Crippen molar-refractivity contribution in [2.24, 2.45) is 0 Å². The van der Waals surface area contributed by atoms with Gasteiger partial charge in [-0.1, -0.05) is 18.2 Å². The first kappa shape index (κ1) is 13.8. The summed E-state index contributed by atoms with van der Waals surface area (Å²) in [7, 11) is 1.30. The number of methoxy groups -OCH3 is 1. The third-order valence-electron chi connectivity index (χ3n) is 2.46. The predicted molar refractivity (Wildman–Crippen MR) is 69.0 cm³/mol. The zero-order chi connectivity index (χ0) is 12.8. The van der Waals surface area contributed by atoms with E-state index in [0.717, 1.165) is 4.90 Å². The maximum Gasteiger partial charge on any atom is 0.336 e. The van der Waals surface area contributed by atoms with Gasteiger partial charge in [0.25, 0.3) is 0 Å². The first-order valence-electron chi connectivity index (χ1n) is 5.20. The Kier molecular flexibility index (Phi) is 5.25. The fraction of sp³-hybridized carbons (Fsp3) is 0.308.